The Kier molecular flexibility index (Phi) is 4.41. The van der Waals surface area contributed by atoms with Crippen LogP contribution < -0.4 is 10.6 Å². The maximum atomic E-state index is 12.4. The Balaban J connectivity index is 1.39. The van der Waals surface area contributed by atoms with E-state index in [1.54, 1.807) is 18.4 Å². The molecule has 1 aliphatic carbocycles. The summed E-state index contributed by atoms with van der Waals surface area (Å²) < 4.78 is 6.70. The van der Waals surface area contributed by atoms with E-state index in [0.29, 0.717) is 24.6 Å². The fourth-order valence-corrected chi connectivity index (χ4v) is 4.76. The number of nitrogens with zero attached hydrogens (tertiary/aromatic N) is 1. The van der Waals surface area contributed by atoms with Crippen LogP contribution in [-0.2, 0) is 9.53 Å². The van der Waals surface area contributed by atoms with Crippen LogP contribution in [0.25, 0.3) is 10.2 Å². The third kappa shape index (κ3) is 3.13. The predicted octanol–water partition coefficient (Wildman–Crippen LogP) is 3.03. The first-order chi connectivity index (χ1) is 11.7. The number of hydrogen-bond acceptors (Lipinski definition) is 5. The van der Waals surface area contributed by atoms with E-state index in [2.05, 4.69) is 21.7 Å². The van der Waals surface area contributed by atoms with Crippen molar-refractivity contribution in [1.29, 1.82) is 0 Å². The largest absolute Gasteiger partial charge is 0.384 e. The average Bonchev–Trinajstić information content (AvgIpc) is 3.07. The van der Waals surface area contributed by atoms with Crippen molar-refractivity contribution in [2.75, 3.05) is 19.0 Å². The topological polar surface area (TPSA) is 63.2 Å². The molecule has 4 rings (SSSR count). The van der Waals surface area contributed by atoms with Crippen LogP contribution in [0.1, 0.15) is 25.7 Å². The molecule has 1 aromatic carbocycles. The maximum absolute atomic E-state index is 12.4. The molecule has 2 aliphatic rings. The average molecular weight is 345 g/mol. The van der Waals surface area contributed by atoms with Gasteiger partial charge < -0.3 is 15.4 Å². The second-order valence-electron chi connectivity index (χ2n) is 6.89. The number of fused-ring (bicyclic) bond motifs is 2. The summed E-state index contributed by atoms with van der Waals surface area (Å²) in [6.45, 7) is 0.678. The molecule has 5 nitrogen and oxygen atoms in total. The summed E-state index contributed by atoms with van der Waals surface area (Å²) in [5.74, 6) is 0.759. The highest BCUT2D eigenvalue weighted by molar-refractivity contribution is 7.16. The number of rotatable bonds is 4. The summed E-state index contributed by atoms with van der Waals surface area (Å²) >= 11 is 1.64. The third-order valence-electron chi connectivity index (χ3n) is 5.44. The molecule has 1 saturated carbocycles. The zero-order valence-electron chi connectivity index (χ0n) is 13.8. The minimum atomic E-state index is 0.0269. The Labute approximate surface area is 145 Å². The highest BCUT2D eigenvalue weighted by Gasteiger charge is 2.39. The van der Waals surface area contributed by atoms with E-state index in [0.717, 1.165) is 36.9 Å². The molecule has 0 spiro atoms. The minimum absolute atomic E-state index is 0.0269. The number of aromatic nitrogens is 1. The number of methoxy groups -OCH3 is 1. The lowest BCUT2D eigenvalue weighted by Gasteiger charge is -2.41. The highest BCUT2D eigenvalue weighted by atomic mass is 32.1. The Bertz CT molecular complexity index is 732. The Morgan fingerprint density at radius 3 is 3.17 bits per heavy atom. The van der Waals surface area contributed by atoms with Crippen LogP contribution in [0.4, 0.5) is 5.69 Å². The first kappa shape index (κ1) is 15.8. The zero-order chi connectivity index (χ0) is 16.5. The number of hydrogen-bond donors (Lipinski definition) is 2. The molecule has 6 heteroatoms. The van der Waals surface area contributed by atoms with E-state index < -0.39 is 0 Å². The molecule has 1 saturated heterocycles. The molecule has 1 amide bonds. The van der Waals surface area contributed by atoms with Crippen molar-refractivity contribution in [3.63, 3.8) is 0 Å². The Hall–Kier alpha value is -1.66. The third-order valence-corrected chi connectivity index (χ3v) is 6.23. The number of piperidine rings is 1. The first-order valence-corrected chi connectivity index (χ1v) is 9.51. The van der Waals surface area contributed by atoms with Crippen molar-refractivity contribution in [1.82, 2.24) is 10.3 Å². The molecule has 4 unspecified atom stereocenters. The molecule has 4 atom stereocenters. The van der Waals surface area contributed by atoms with Gasteiger partial charge in [0.1, 0.15) is 0 Å². The SMILES string of the molecule is COC1CCC2NC(=O)C(CNc3ccc4ncsc4c3)CC2C1. The second kappa shape index (κ2) is 6.69. The van der Waals surface area contributed by atoms with Gasteiger partial charge in [-0.2, -0.15) is 0 Å². The van der Waals surface area contributed by atoms with Crippen LogP contribution in [0, 0.1) is 11.8 Å². The van der Waals surface area contributed by atoms with Gasteiger partial charge in [0.15, 0.2) is 0 Å². The van der Waals surface area contributed by atoms with E-state index in [4.69, 9.17) is 4.74 Å². The van der Waals surface area contributed by atoms with Gasteiger partial charge in [0.2, 0.25) is 5.91 Å². The zero-order valence-corrected chi connectivity index (χ0v) is 14.6. The summed E-state index contributed by atoms with van der Waals surface area (Å²) in [5, 5.41) is 6.67. The number of anilines is 1. The van der Waals surface area contributed by atoms with E-state index in [1.165, 1.54) is 4.70 Å². The molecule has 2 N–H and O–H groups in total. The monoisotopic (exact) mass is 345 g/mol. The van der Waals surface area contributed by atoms with Crippen molar-refractivity contribution in [2.45, 2.75) is 37.8 Å². The molecular formula is C18H23N3O2S. The molecule has 1 aromatic heterocycles. The first-order valence-electron chi connectivity index (χ1n) is 8.63. The van der Waals surface area contributed by atoms with Gasteiger partial charge >= 0.3 is 0 Å². The molecular weight excluding hydrogens is 322 g/mol. The predicted molar refractivity (Wildman–Crippen MR) is 96.3 cm³/mol. The standard InChI is InChI=1S/C18H23N3O2S/c1-23-14-3-5-15-11(7-14)6-12(18(22)21-15)9-19-13-2-4-16-17(8-13)24-10-20-16/h2,4,8,10-12,14-15,19H,3,5-7,9H2,1H3,(H,21,22). The summed E-state index contributed by atoms with van der Waals surface area (Å²) in [4.78, 5) is 16.7. The van der Waals surface area contributed by atoms with Crippen molar-refractivity contribution in [2.24, 2.45) is 11.8 Å². The number of thiazole rings is 1. The molecule has 2 fully saturated rings. The summed E-state index contributed by atoms with van der Waals surface area (Å²) in [5.41, 5.74) is 3.94. The number of carbonyl (C=O) groups is 1. The number of ether oxygens (including phenoxy) is 1. The van der Waals surface area contributed by atoms with Gasteiger partial charge in [0.25, 0.3) is 0 Å². The van der Waals surface area contributed by atoms with Gasteiger partial charge in [-0.15, -0.1) is 11.3 Å². The lowest BCUT2D eigenvalue weighted by Crippen LogP contribution is -2.53. The fourth-order valence-electron chi connectivity index (χ4n) is 4.04. The van der Waals surface area contributed by atoms with Crippen LogP contribution >= 0.6 is 11.3 Å². The number of amides is 1. The molecule has 0 bridgehead atoms. The molecule has 1 aliphatic heterocycles. The minimum Gasteiger partial charge on any atom is -0.384 e. The van der Waals surface area contributed by atoms with Crippen molar-refractivity contribution >= 4 is 33.1 Å². The van der Waals surface area contributed by atoms with Crippen molar-refractivity contribution in [3.8, 4) is 0 Å². The van der Waals surface area contributed by atoms with Crippen molar-refractivity contribution < 1.29 is 9.53 Å². The molecule has 24 heavy (non-hydrogen) atoms. The summed E-state index contributed by atoms with van der Waals surface area (Å²) in [7, 11) is 1.79. The lowest BCUT2D eigenvalue weighted by atomic mass is 9.74. The number of carbonyl (C=O) groups excluding carboxylic acids is 1. The van der Waals surface area contributed by atoms with Crippen LogP contribution in [0.5, 0.6) is 0 Å². The fraction of sp³-hybridized carbons (Fsp3) is 0.556. The van der Waals surface area contributed by atoms with Crippen LogP contribution in [0.15, 0.2) is 23.7 Å². The van der Waals surface area contributed by atoms with Gasteiger partial charge in [-0.25, -0.2) is 4.98 Å². The molecule has 128 valence electrons. The molecule has 0 radical (unpaired) electrons. The van der Waals surface area contributed by atoms with Crippen LogP contribution in [-0.4, -0.2) is 36.7 Å². The maximum Gasteiger partial charge on any atom is 0.225 e. The quantitative estimate of drug-likeness (QED) is 0.894. The van der Waals surface area contributed by atoms with E-state index >= 15 is 0 Å². The summed E-state index contributed by atoms with van der Waals surface area (Å²) in [6.07, 6.45) is 4.45. The van der Waals surface area contributed by atoms with Gasteiger partial charge in [-0.05, 0) is 49.8 Å². The van der Waals surface area contributed by atoms with Gasteiger partial charge in [0, 0.05) is 25.4 Å². The smallest absolute Gasteiger partial charge is 0.225 e. The highest BCUT2D eigenvalue weighted by Crippen LogP contribution is 2.34. The van der Waals surface area contributed by atoms with Crippen molar-refractivity contribution in [3.05, 3.63) is 23.7 Å². The van der Waals surface area contributed by atoms with Crippen LogP contribution in [0.3, 0.4) is 0 Å². The van der Waals surface area contributed by atoms with Gasteiger partial charge in [-0.3, -0.25) is 4.79 Å². The Morgan fingerprint density at radius 1 is 1.38 bits per heavy atom. The van der Waals surface area contributed by atoms with Crippen LogP contribution in [0.2, 0.25) is 0 Å². The van der Waals surface area contributed by atoms with E-state index in [1.807, 2.05) is 17.6 Å². The molecule has 2 aromatic rings. The number of nitrogens with one attached hydrogen (secondary N) is 2. The van der Waals surface area contributed by atoms with E-state index in [-0.39, 0.29) is 11.8 Å². The molecule has 2 heterocycles. The normalized spacial score (nSPS) is 30.0. The second-order valence-corrected chi connectivity index (χ2v) is 7.78. The number of benzene rings is 1. The lowest BCUT2D eigenvalue weighted by molar-refractivity contribution is -0.130. The van der Waals surface area contributed by atoms with E-state index in [9.17, 15) is 4.79 Å². The Morgan fingerprint density at radius 2 is 2.29 bits per heavy atom. The summed E-state index contributed by atoms with van der Waals surface area (Å²) in [6, 6.07) is 6.51. The van der Waals surface area contributed by atoms with Gasteiger partial charge in [-0.1, -0.05) is 0 Å². The van der Waals surface area contributed by atoms with Gasteiger partial charge in [0.05, 0.1) is 27.7 Å².